The molecule has 0 saturated carbocycles. The van der Waals surface area contributed by atoms with Gasteiger partial charge >= 0.3 is 0 Å². The third kappa shape index (κ3) is 3.04. The Kier molecular flexibility index (Phi) is 4.75. The molecular weight excluding hydrogens is 412 g/mol. The van der Waals surface area contributed by atoms with Crippen LogP contribution in [-0.2, 0) is 0 Å². The molecule has 0 fully saturated rings. The molecule has 0 bridgehead atoms. The highest BCUT2D eigenvalue weighted by Gasteiger charge is 2.36. The van der Waals surface area contributed by atoms with E-state index in [4.69, 9.17) is 29.4 Å². The number of nitriles is 1. The number of aromatic nitrogens is 2. The van der Waals surface area contributed by atoms with Crippen molar-refractivity contribution in [3.8, 4) is 46.2 Å². The minimum Gasteiger partial charge on any atom is -0.493 e. The summed E-state index contributed by atoms with van der Waals surface area (Å²) in [6, 6.07) is 13.3. The zero-order valence-corrected chi connectivity index (χ0v) is 17.5. The number of rotatable bonds is 5. The second kappa shape index (κ2) is 7.74. The van der Waals surface area contributed by atoms with E-state index in [1.54, 1.807) is 13.2 Å². The van der Waals surface area contributed by atoms with Crippen molar-refractivity contribution in [3.63, 3.8) is 0 Å². The van der Waals surface area contributed by atoms with E-state index in [0.29, 0.717) is 46.7 Å². The lowest BCUT2D eigenvalue weighted by Crippen LogP contribution is -2.21. The maximum atomic E-state index is 9.93. The summed E-state index contributed by atoms with van der Waals surface area (Å²) >= 11 is 0. The van der Waals surface area contributed by atoms with Crippen molar-refractivity contribution in [2.45, 2.75) is 12.8 Å². The van der Waals surface area contributed by atoms with E-state index in [-0.39, 0.29) is 18.2 Å². The molecule has 3 aromatic rings. The van der Waals surface area contributed by atoms with Gasteiger partial charge in [-0.25, -0.2) is 0 Å². The Morgan fingerprint density at radius 2 is 2.03 bits per heavy atom. The van der Waals surface area contributed by atoms with Gasteiger partial charge in [-0.05, 0) is 42.8 Å². The summed E-state index contributed by atoms with van der Waals surface area (Å²) in [6.45, 7) is 2.54. The van der Waals surface area contributed by atoms with E-state index in [1.165, 1.54) is 0 Å². The van der Waals surface area contributed by atoms with Gasteiger partial charge in [-0.2, -0.15) is 5.26 Å². The highest BCUT2D eigenvalue weighted by atomic mass is 16.7. The predicted octanol–water partition coefficient (Wildman–Crippen LogP) is 3.43. The Morgan fingerprint density at radius 3 is 2.81 bits per heavy atom. The Morgan fingerprint density at radius 1 is 1.19 bits per heavy atom. The van der Waals surface area contributed by atoms with Crippen LogP contribution >= 0.6 is 0 Å². The molecule has 1 atom stereocenters. The first-order chi connectivity index (χ1) is 15.6. The van der Waals surface area contributed by atoms with Gasteiger partial charge in [-0.3, -0.25) is 5.10 Å². The fourth-order valence-corrected chi connectivity index (χ4v) is 3.99. The van der Waals surface area contributed by atoms with Crippen LogP contribution in [0, 0.1) is 11.3 Å². The molecule has 2 aliphatic rings. The predicted molar refractivity (Wildman–Crippen MR) is 114 cm³/mol. The fourth-order valence-electron chi connectivity index (χ4n) is 3.99. The number of nitrogens with two attached hydrogens (primary N) is 1. The second-order valence-corrected chi connectivity index (χ2v) is 7.15. The van der Waals surface area contributed by atoms with Crippen molar-refractivity contribution in [2.75, 3.05) is 20.5 Å². The summed E-state index contributed by atoms with van der Waals surface area (Å²) in [5.41, 5.74) is 9.38. The van der Waals surface area contributed by atoms with Crippen LogP contribution < -0.4 is 29.4 Å². The molecule has 0 saturated heterocycles. The number of nitrogens with one attached hydrogen (secondary N) is 1. The van der Waals surface area contributed by atoms with Gasteiger partial charge < -0.3 is 29.4 Å². The van der Waals surface area contributed by atoms with Gasteiger partial charge in [0.25, 0.3) is 0 Å². The number of allylic oxidation sites excluding steroid dienone is 1. The van der Waals surface area contributed by atoms with Gasteiger partial charge in [0.2, 0.25) is 18.6 Å². The third-order valence-corrected chi connectivity index (χ3v) is 5.42. The average molecular weight is 432 g/mol. The van der Waals surface area contributed by atoms with Crippen LogP contribution in [0.2, 0.25) is 0 Å². The number of hydrogen-bond donors (Lipinski definition) is 2. The molecule has 32 heavy (non-hydrogen) atoms. The molecule has 9 heteroatoms. The molecule has 1 unspecified atom stereocenters. The lowest BCUT2D eigenvalue weighted by atomic mass is 9.83. The van der Waals surface area contributed by atoms with Crippen LogP contribution in [0.4, 0.5) is 0 Å². The Balaban J connectivity index is 1.68. The highest BCUT2D eigenvalue weighted by molar-refractivity contribution is 5.73. The molecule has 2 aromatic carbocycles. The maximum Gasteiger partial charge on any atom is 0.244 e. The van der Waals surface area contributed by atoms with Crippen LogP contribution in [0.25, 0.3) is 11.3 Å². The monoisotopic (exact) mass is 432 g/mol. The van der Waals surface area contributed by atoms with Gasteiger partial charge in [0.1, 0.15) is 11.6 Å². The van der Waals surface area contributed by atoms with Crippen LogP contribution in [0.1, 0.15) is 24.0 Å². The molecule has 9 nitrogen and oxygen atoms in total. The van der Waals surface area contributed by atoms with E-state index < -0.39 is 5.92 Å². The summed E-state index contributed by atoms with van der Waals surface area (Å²) < 4.78 is 27.8. The molecule has 0 radical (unpaired) electrons. The molecule has 3 heterocycles. The lowest BCUT2D eigenvalue weighted by Gasteiger charge is -2.25. The maximum absolute atomic E-state index is 9.93. The topological polar surface area (TPSA) is 125 Å². The second-order valence-electron chi connectivity index (χ2n) is 7.15. The number of hydrogen-bond acceptors (Lipinski definition) is 8. The van der Waals surface area contributed by atoms with Gasteiger partial charge in [-0.15, -0.1) is 5.10 Å². The number of ether oxygens (including phenoxy) is 5. The van der Waals surface area contributed by atoms with Gasteiger partial charge in [-0.1, -0.05) is 6.07 Å². The quantitative estimate of drug-likeness (QED) is 0.628. The molecule has 1 aromatic heterocycles. The van der Waals surface area contributed by atoms with Crippen molar-refractivity contribution in [3.05, 3.63) is 59.0 Å². The largest absolute Gasteiger partial charge is 0.493 e. The first-order valence-electron chi connectivity index (χ1n) is 10.0. The van der Waals surface area contributed by atoms with E-state index in [9.17, 15) is 5.26 Å². The Labute approximate surface area is 183 Å². The zero-order valence-electron chi connectivity index (χ0n) is 17.5. The highest BCUT2D eigenvalue weighted by Crippen LogP contribution is 2.48. The molecular formula is C23H20N4O5. The summed E-state index contributed by atoms with van der Waals surface area (Å²) in [5.74, 6) is 2.29. The first-order valence-corrected chi connectivity index (χ1v) is 10.0. The van der Waals surface area contributed by atoms with Crippen molar-refractivity contribution in [1.82, 2.24) is 10.2 Å². The van der Waals surface area contributed by atoms with Crippen LogP contribution in [0.15, 0.2) is 47.9 Å². The van der Waals surface area contributed by atoms with E-state index >= 15 is 0 Å². The molecule has 162 valence electrons. The number of benzene rings is 2. The van der Waals surface area contributed by atoms with Crippen LogP contribution in [0.3, 0.4) is 0 Å². The van der Waals surface area contributed by atoms with E-state index in [2.05, 4.69) is 16.3 Å². The lowest BCUT2D eigenvalue weighted by molar-refractivity contribution is 0.174. The Hall–Kier alpha value is -4.32. The van der Waals surface area contributed by atoms with Crippen molar-refractivity contribution in [1.29, 1.82) is 5.26 Å². The average Bonchev–Trinajstić information content (AvgIpc) is 3.44. The number of nitrogens with zero attached hydrogens (tertiary/aromatic N) is 2. The smallest absolute Gasteiger partial charge is 0.244 e. The van der Waals surface area contributed by atoms with Crippen molar-refractivity contribution < 1.29 is 23.7 Å². The van der Waals surface area contributed by atoms with Crippen molar-refractivity contribution in [2.24, 2.45) is 5.73 Å². The van der Waals surface area contributed by atoms with Gasteiger partial charge in [0.05, 0.1) is 30.9 Å². The number of H-pyrrole nitrogens is 1. The standard InChI is InChI=1S/C23H20N4O5/c1-3-29-17-8-12(4-6-15(17)28-2)19-14(10-24)22(25)32-23-20(19)21(26-27-23)13-5-7-16-18(9-13)31-11-30-16/h4-9,19H,3,11,25H2,1-2H3,(H,26,27). The molecule has 3 N–H and O–H groups in total. The van der Waals surface area contributed by atoms with E-state index in [0.717, 1.165) is 11.1 Å². The molecule has 0 amide bonds. The minimum atomic E-state index is -0.520. The number of fused-ring (bicyclic) bond motifs is 2. The van der Waals surface area contributed by atoms with Crippen LogP contribution in [0.5, 0.6) is 28.9 Å². The van der Waals surface area contributed by atoms with Crippen LogP contribution in [-0.4, -0.2) is 30.7 Å². The third-order valence-electron chi connectivity index (χ3n) is 5.42. The Bertz CT molecular complexity index is 1270. The number of methoxy groups -OCH3 is 1. The normalized spacial score (nSPS) is 16.2. The molecule has 0 aliphatic carbocycles. The molecule has 5 rings (SSSR count). The van der Waals surface area contributed by atoms with Gasteiger partial charge in [0.15, 0.2) is 23.0 Å². The number of aromatic amines is 1. The summed E-state index contributed by atoms with van der Waals surface area (Å²) in [5, 5.41) is 17.3. The zero-order chi connectivity index (χ0) is 22.2. The SMILES string of the molecule is CCOc1cc(C2C(C#N)=C(N)Oc3n[nH]c(-c4ccc5c(c4)OCO5)c32)ccc1OC. The fraction of sp³-hybridized carbons (Fsp3) is 0.217. The summed E-state index contributed by atoms with van der Waals surface area (Å²) in [7, 11) is 1.58. The summed E-state index contributed by atoms with van der Waals surface area (Å²) in [4.78, 5) is 0. The van der Waals surface area contributed by atoms with Gasteiger partial charge in [0, 0.05) is 5.56 Å². The molecule has 2 aliphatic heterocycles. The first kappa shape index (κ1) is 19.6. The summed E-state index contributed by atoms with van der Waals surface area (Å²) in [6.07, 6.45) is 0. The molecule has 0 spiro atoms. The van der Waals surface area contributed by atoms with E-state index in [1.807, 2.05) is 37.3 Å². The minimum absolute atomic E-state index is 0.0162. The van der Waals surface area contributed by atoms with Crippen molar-refractivity contribution >= 4 is 0 Å².